The number of anilines is 1. The highest BCUT2D eigenvalue weighted by Crippen LogP contribution is 2.30. The van der Waals surface area contributed by atoms with Crippen molar-refractivity contribution in [3.63, 3.8) is 0 Å². The second-order valence-electron chi connectivity index (χ2n) is 5.50. The van der Waals surface area contributed by atoms with Crippen molar-refractivity contribution < 1.29 is 9.84 Å². The molecule has 0 radical (unpaired) electrons. The van der Waals surface area contributed by atoms with Gasteiger partial charge in [0, 0.05) is 5.69 Å². The summed E-state index contributed by atoms with van der Waals surface area (Å²) in [6.07, 6.45) is 3.94. The number of fused-ring (bicyclic) bond motifs is 1. The van der Waals surface area contributed by atoms with E-state index in [-0.39, 0.29) is 12.1 Å². The van der Waals surface area contributed by atoms with Crippen LogP contribution in [-0.2, 0) is 11.2 Å². The van der Waals surface area contributed by atoms with Crippen LogP contribution in [0.4, 0.5) is 5.69 Å². The van der Waals surface area contributed by atoms with E-state index in [0.29, 0.717) is 6.10 Å². The third kappa shape index (κ3) is 2.25. The molecule has 3 nitrogen and oxygen atoms in total. The van der Waals surface area contributed by atoms with Crippen LogP contribution in [-0.4, -0.2) is 29.5 Å². The molecule has 0 amide bonds. The molecule has 1 saturated heterocycles. The number of nitrogens with one attached hydrogen (secondary N) is 1. The Balaban J connectivity index is 1.68. The molecule has 3 heteroatoms. The number of para-hydroxylation sites is 1. The molecular formula is C15H21NO2. The molecule has 98 valence electrons. The number of ether oxygens (including phenoxy) is 1. The number of aliphatic hydroxyl groups excluding tert-OH is 1. The quantitative estimate of drug-likeness (QED) is 0.843. The SMILES string of the molecule is CC1CCC(C(O)C2CCc3ccccc3N2)O1. The molecule has 2 aliphatic heterocycles. The van der Waals surface area contributed by atoms with Crippen LogP contribution in [0.2, 0.25) is 0 Å². The second-order valence-corrected chi connectivity index (χ2v) is 5.50. The van der Waals surface area contributed by atoms with Gasteiger partial charge in [-0.05, 0) is 44.2 Å². The molecule has 1 aromatic carbocycles. The van der Waals surface area contributed by atoms with Crippen LogP contribution in [0.3, 0.4) is 0 Å². The smallest absolute Gasteiger partial charge is 0.100 e. The first-order chi connectivity index (χ1) is 8.74. The Morgan fingerprint density at radius 3 is 2.89 bits per heavy atom. The minimum absolute atomic E-state index is 0.00256. The van der Waals surface area contributed by atoms with E-state index in [2.05, 4.69) is 30.4 Å². The summed E-state index contributed by atoms with van der Waals surface area (Å²) in [6, 6.07) is 8.47. The maximum absolute atomic E-state index is 10.4. The van der Waals surface area contributed by atoms with Gasteiger partial charge in [0.1, 0.15) is 6.10 Å². The average Bonchev–Trinajstić information content (AvgIpc) is 2.84. The minimum Gasteiger partial charge on any atom is -0.388 e. The number of hydrogen-bond acceptors (Lipinski definition) is 3. The zero-order valence-corrected chi connectivity index (χ0v) is 10.8. The summed E-state index contributed by atoms with van der Waals surface area (Å²) < 4.78 is 5.77. The van der Waals surface area contributed by atoms with Crippen molar-refractivity contribution in [3.8, 4) is 0 Å². The molecule has 2 N–H and O–H groups in total. The lowest BCUT2D eigenvalue weighted by Crippen LogP contribution is -2.44. The van der Waals surface area contributed by atoms with Gasteiger partial charge in [0.05, 0.1) is 18.2 Å². The summed E-state index contributed by atoms with van der Waals surface area (Å²) >= 11 is 0. The molecule has 2 aliphatic rings. The fourth-order valence-electron chi connectivity index (χ4n) is 3.06. The lowest BCUT2D eigenvalue weighted by Gasteiger charge is -2.33. The van der Waals surface area contributed by atoms with Gasteiger partial charge in [-0.15, -0.1) is 0 Å². The second kappa shape index (κ2) is 4.90. The molecule has 1 aromatic rings. The number of aliphatic hydroxyl groups is 1. The number of benzene rings is 1. The zero-order chi connectivity index (χ0) is 12.5. The molecule has 0 aromatic heterocycles. The maximum Gasteiger partial charge on any atom is 0.100 e. The van der Waals surface area contributed by atoms with Crippen LogP contribution in [0.5, 0.6) is 0 Å². The Morgan fingerprint density at radius 1 is 1.28 bits per heavy atom. The first-order valence-electron chi connectivity index (χ1n) is 6.92. The predicted molar refractivity (Wildman–Crippen MR) is 71.7 cm³/mol. The van der Waals surface area contributed by atoms with Gasteiger partial charge in [-0.3, -0.25) is 0 Å². The van der Waals surface area contributed by atoms with Crippen molar-refractivity contribution in [2.45, 2.75) is 57.0 Å². The van der Waals surface area contributed by atoms with Crippen molar-refractivity contribution in [1.82, 2.24) is 0 Å². The monoisotopic (exact) mass is 247 g/mol. The van der Waals surface area contributed by atoms with E-state index in [9.17, 15) is 5.11 Å². The van der Waals surface area contributed by atoms with Crippen molar-refractivity contribution >= 4 is 5.69 Å². The maximum atomic E-state index is 10.4. The zero-order valence-electron chi connectivity index (χ0n) is 10.8. The molecule has 0 aliphatic carbocycles. The molecular weight excluding hydrogens is 226 g/mol. The van der Waals surface area contributed by atoms with Crippen molar-refractivity contribution in [2.75, 3.05) is 5.32 Å². The Morgan fingerprint density at radius 2 is 2.11 bits per heavy atom. The number of rotatable bonds is 2. The van der Waals surface area contributed by atoms with E-state index in [0.717, 1.165) is 25.7 Å². The van der Waals surface area contributed by atoms with Crippen molar-refractivity contribution in [3.05, 3.63) is 29.8 Å². The molecule has 0 spiro atoms. The fourth-order valence-corrected chi connectivity index (χ4v) is 3.06. The summed E-state index contributed by atoms with van der Waals surface area (Å²) in [5.74, 6) is 0. The van der Waals surface area contributed by atoms with Gasteiger partial charge >= 0.3 is 0 Å². The Kier molecular flexibility index (Phi) is 3.27. The first kappa shape index (κ1) is 12.0. The van der Waals surface area contributed by atoms with E-state index >= 15 is 0 Å². The summed E-state index contributed by atoms with van der Waals surface area (Å²) in [7, 11) is 0. The predicted octanol–water partition coefficient (Wildman–Crippen LogP) is 2.34. The normalized spacial score (nSPS) is 32.7. The molecule has 0 bridgehead atoms. The van der Waals surface area contributed by atoms with Crippen LogP contribution in [0.25, 0.3) is 0 Å². The minimum atomic E-state index is -0.400. The van der Waals surface area contributed by atoms with E-state index in [1.165, 1.54) is 11.3 Å². The van der Waals surface area contributed by atoms with Gasteiger partial charge in [-0.25, -0.2) is 0 Å². The van der Waals surface area contributed by atoms with Gasteiger partial charge in [-0.1, -0.05) is 18.2 Å². The van der Waals surface area contributed by atoms with Gasteiger partial charge in [0.15, 0.2) is 0 Å². The Hall–Kier alpha value is -1.06. The fraction of sp³-hybridized carbons (Fsp3) is 0.600. The van der Waals surface area contributed by atoms with Gasteiger partial charge in [0.2, 0.25) is 0 Å². The van der Waals surface area contributed by atoms with E-state index in [1.54, 1.807) is 0 Å². The Labute approximate surface area is 108 Å². The number of aryl methyl sites for hydroxylation is 1. The largest absolute Gasteiger partial charge is 0.388 e. The summed E-state index contributed by atoms with van der Waals surface area (Å²) in [4.78, 5) is 0. The molecule has 18 heavy (non-hydrogen) atoms. The summed E-state index contributed by atoms with van der Waals surface area (Å²) in [6.45, 7) is 2.08. The molecule has 2 heterocycles. The molecule has 4 atom stereocenters. The van der Waals surface area contributed by atoms with Crippen LogP contribution in [0.15, 0.2) is 24.3 Å². The number of hydrogen-bond donors (Lipinski definition) is 2. The van der Waals surface area contributed by atoms with Crippen LogP contribution in [0.1, 0.15) is 31.7 Å². The van der Waals surface area contributed by atoms with Crippen molar-refractivity contribution in [1.29, 1.82) is 0 Å². The van der Waals surface area contributed by atoms with E-state index in [4.69, 9.17) is 4.74 Å². The third-order valence-electron chi connectivity index (χ3n) is 4.14. The van der Waals surface area contributed by atoms with Gasteiger partial charge in [-0.2, -0.15) is 0 Å². The topological polar surface area (TPSA) is 41.5 Å². The first-order valence-corrected chi connectivity index (χ1v) is 6.92. The molecule has 0 saturated carbocycles. The molecule has 3 rings (SSSR count). The lowest BCUT2D eigenvalue weighted by molar-refractivity contribution is -0.0368. The van der Waals surface area contributed by atoms with Crippen LogP contribution >= 0.6 is 0 Å². The van der Waals surface area contributed by atoms with Gasteiger partial charge in [0.25, 0.3) is 0 Å². The summed E-state index contributed by atoms with van der Waals surface area (Å²) in [5, 5.41) is 13.9. The lowest BCUT2D eigenvalue weighted by atomic mass is 9.92. The van der Waals surface area contributed by atoms with E-state index in [1.807, 2.05) is 6.07 Å². The molecule has 4 unspecified atom stereocenters. The average molecular weight is 247 g/mol. The summed E-state index contributed by atoms with van der Waals surface area (Å²) in [5.41, 5.74) is 2.51. The molecule has 1 fully saturated rings. The highest BCUT2D eigenvalue weighted by molar-refractivity contribution is 5.54. The van der Waals surface area contributed by atoms with Gasteiger partial charge < -0.3 is 15.2 Å². The third-order valence-corrected chi connectivity index (χ3v) is 4.14. The van der Waals surface area contributed by atoms with Crippen molar-refractivity contribution in [2.24, 2.45) is 0 Å². The standard InChI is InChI=1S/C15H21NO2/c1-10-6-9-14(18-10)15(17)13-8-7-11-4-2-3-5-12(11)16-13/h2-5,10,13-17H,6-9H2,1H3. The highest BCUT2D eigenvalue weighted by Gasteiger charge is 2.34. The highest BCUT2D eigenvalue weighted by atomic mass is 16.5. The van der Waals surface area contributed by atoms with Crippen LogP contribution < -0.4 is 5.32 Å². The van der Waals surface area contributed by atoms with Crippen LogP contribution in [0, 0.1) is 0 Å². The Bertz CT molecular complexity index is 421. The van der Waals surface area contributed by atoms with E-state index < -0.39 is 6.10 Å².